The zero-order valence-electron chi connectivity index (χ0n) is 13.6. The Hall–Kier alpha value is -1.71. The summed E-state index contributed by atoms with van der Waals surface area (Å²) in [6.45, 7) is 10.4. The fraction of sp³-hybridized carbons (Fsp3) is 0.588. The van der Waals surface area contributed by atoms with Gasteiger partial charge in [-0.2, -0.15) is 0 Å². The van der Waals surface area contributed by atoms with Gasteiger partial charge in [0.25, 0.3) is 0 Å². The van der Waals surface area contributed by atoms with E-state index in [0.29, 0.717) is 12.0 Å². The third-order valence-electron chi connectivity index (χ3n) is 3.90. The highest BCUT2D eigenvalue weighted by Crippen LogP contribution is 2.28. The molecular formula is C17H27N3O. The third kappa shape index (κ3) is 4.13. The topological polar surface area (TPSA) is 36.9 Å². The van der Waals surface area contributed by atoms with Gasteiger partial charge in [0.2, 0.25) is 0 Å². The second kappa shape index (κ2) is 6.83. The lowest BCUT2D eigenvalue weighted by Crippen LogP contribution is -2.40. The molecule has 0 aromatic heterocycles. The van der Waals surface area contributed by atoms with Crippen LogP contribution in [0.1, 0.15) is 32.8 Å². The summed E-state index contributed by atoms with van der Waals surface area (Å²) in [6.07, 6.45) is 1.21. The van der Waals surface area contributed by atoms with Gasteiger partial charge in [0, 0.05) is 25.2 Å². The Bertz CT molecular complexity index is 497. The number of guanidine groups is 1. The molecule has 1 aromatic rings. The molecule has 0 saturated carbocycles. The minimum Gasteiger partial charge on any atom is -0.496 e. The van der Waals surface area contributed by atoms with Crippen LogP contribution >= 0.6 is 0 Å². The summed E-state index contributed by atoms with van der Waals surface area (Å²) < 4.78 is 5.39. The minimum absolute atomic E-state index is 0.376. The van der Waals surface area contributed by atoms with Crippen molar-refractivity contribution in [1.82, 2.24) is 10.2 Å². The van der Waals surface area contributed by atoms with Crippen LogP contribution in [0, 0.1) is 5.41 Å². The van der Waals surface area contributed by atoms with E-state index in [0.717, 1.165) is 36.9 Å². The largest absolute Gasteiger partial charge is 0.496 e. The van der Waals surface area contributed by atoms with Crippen molar-refractivity contribution < 1.29 is 4.74 Å². The number of ether oxygens (including phenoxy) is 1. The van der Waals surface area contributed by atoms with Crippen molar-refractivity contribution in [2.24, 2.45) is 10.4 Å². The molecule has 2 rings (SSSR count). The first-order chi connectivity index (χ1) is 10.1. The minimum atomic E-state index is 0.376. The summed E-state index contributed by atoms with van der Waals surface area (Å²) in [5, 5.41) is 3.41. The van der Waals surface area contributed by atoms with Crippen LogP contribution in [0.15, 0.2) is 29.3 Å². The standard InChI is InChI=1S/C17H27N3O/c1-5-18-16(20-11-10-17(2,3)13-20)19-12-14-8-6-7-9-15(14)21-4/h6-9H,5,10-13H2,1-4H3,(H,18,19). The number of nitrogens with one attached hydrogen (secondary N) is 1. The van der Waals surface area contributed by atoms with Gasteiger partial charge in [0.1, 0.15) is 5.75 Å². The molecule has 1 aromatic carbocycles. The van der Waals surface area contributed by atoms with Gasteiger partial charge in [-0.1, -0.05) is 32.0 Å². The Labute approximate surface area is 128 Å². The summed E-state index contributed by atoms with van der Waals surface area (Å²) in [6, 6.07) is 8.07. The molecule has 0 amide bonds. The molecule has 1 N–H and O–H groups in total. The lowest BCUT2D eigenvalue weighted by molar-refractivity contribution is 0.370. The van der Waals surface area contributed by atoms with Crippen molar-refractivity contribution in [2.45, 2.75) is 33.7 Å². The monoisotopic (exact) mass is 289 g/mol. The maximum Gasteiger partial charge on any atom is 0.194 e. The van der Waals surface area contributed by atoms with Crippen molar-refractivity contribution >= 4 is 5.96 Å². The Kier molecular flexibility index (Phi) is 5.10. The molecule has 0 spiro atoms. The van der Waals surface area contributed by atoms with Crippen molar-refractivity contribution in [3.63, 3.8) is 0 Å². The van der Waals surface area contributed by atoms with Gasteiger partial charge in [-0.3, -0.25) is 0 Å². The van der Waals surface area contributed by atoms with Gasteiger partial charge in [-0.25, -0.2) is 4.99 Å². The van der Waals surface area contributed by atoms with E-state index < -0.39 is 0 Å². The third-order valence-corrected chi connectivity index (χ3v) is 3.90. The van der Waals surface area contributed by atoms with Crippen molar-refractivity contribution in [1.29, 1.82) is 0 Å². The summed E-state index contributed by atoms with van der Waals surface area (Å²) in [5.74, 6) is 1.91. The summed E-state index contributed by atoms with van der Waals surface area (Å²) >= 11 is 0. The summed E-state index contributed by atoms with van der Waals surface area (Å²) in [4.78, 5) is 7.15. The smallest absolute Gasteiger partial charge is 0.194 e. The summed E-state index contributed by atoms with van der Waals surface area (Å²) in [5.41, 5.74) is 1.49. The van der Waals surface area contributed by atoms with Gasteiger partial charge < -0.3 is 15.0 Å². The maximum absolute atomic E-state index is 5.39. The van der Waals surface area contributed by atoms with E-state index >= 15 is 0 Å². The molecule has 0 unspecified atom stereocenters. The predicted octanol–water partition coefficient (Wildman–Crippen LogP) is 2.89. The lowest BCUT2D eigenvalue weighted by Gasteiger charge is -2.23. The number of methoxy groups -OCH3 is 1. The molecule has 21 heavy (non-hydrogen) atoms. The molecule has 0 aliphatic carbocycles. The fourth-order valence-electron chi connectivity index (χ4n) is 2.71. The number of nitrogens with zero attached hydrogens (tertiary/aromatic N) is 2. The average molecular weight is 289 g/mol. The second-order valence-corrected chi connectivity index (χ2v) is 6.32. The quantitative estimate of drug-likeness (QED) is 0.684. The van der Waals surface area contributed by atoms with Gasteiger partial charge in [-0.15, -0.1) is 0 Å². The van der Waals surface area contributed by atoms with Crippen molar-refractivity contribution in [2.75, 3.05) is 26.7 Å². The first-order valence-corrected chi connectivity index (χ1v) is 7.71. The van der Waals surface area contributed by atoms with Crippen LogP contribution in [0.25, 0.3) is 0 Å². The molecule has 0 bridgehead atoms. The second-order valence-electron chi connectivity index (χ2n) is 6.32. The molecule has 0 atom stereocenters. The van der Waals surface area contributed by atoms with E-state index in [2.05, 4.69) is 37.1 Å². The molecule has 1 saturated heterocycles. The predicted molar refractivity (Wildman–Crippen MR) is 87.8 cm³/mol. The van der Waals surface area contributed by atoms with E-state index in [1.807, 2.05) is 18.2 Å². The molecule has 1 aliphatic heterocycles. The Morgan fingerprint density at radius 3 is 2.76 bits per heavy atom. The van der Waals surface area contributed by atoms with Crippen LogP contribution in [0.4, 0.5) is 0 Å². The van der Waals surface area contributed by atoms with Crippen LogP contribution in [-0.4, -0.2) is 37.6 Å². The van der Waals surface area contributed by atoms with Crippen LogP contribution in [-0.2, 0) is 6.54 Å². The Balaban J connectivity index is 2.11. The Morgan fingerprint density at radius 2 is 2.14 bits per heavy atom. The van der Waals surface area contributed by atoms with Crippen LogP contribution < -0.4 is 10.1 Å². The van der Waals surface area contributed by atoms with Gasteiger partial charge in [-0.05, 0) is 24.8 Å². The zero-order valence-corrected chi connectivity index (χ0v) is 13.6. The maximum atomic E-state index is 5.39. The Morgan fingerprint density at radius 1 is 1.38 bits per heavy atom. The number of hydrogen-bond acceptors (Lipinski definition) is 2. The van der Waals surface area contributed by atoms with E-state index in [1.165, 1.54) is 6.42 Å². The number of likely N-dealkylation sites (tertiary alicyclic amines) is 1. The zero-order chi connectivity index (χ0) is 15.3. The van der Waals surface area contributed by atoms with Crippen LogP contribution in [0.3, 0.4) is 0 Å². The first-order valence-electron chi connectivity index (χ1n) is 7.71. The molecule has 1 fully saturated rings. The van der Waals surface area contributed by atoms with Gasteiger partial charge >= 0.3 is 0 Å². The van der Waals surface area contributed by atoms with E-state index in [9.17, 15) is 0 Å². The highest BCUT2D eigenvalue weighted by Gasteiger charge is 2.30. The van der Waals surface area contributed by atoms with Crippen molar-refractivity contribution in [3.05, 3.63) is 29.8 Å². The number of benzene rings is 1. The normalized spacial score (nSPS) is 17.9. The average Bonchev–Trinajstić information content (AvgIpc) is 2.84. The number of aliphatic imine (C=N–C) groups is 1. The molecule has 4 heteroatoms. The molecule has 0 radical (unpaired) electrons. The highest BCUT2D eigenvalue weighted by molar-refractivity contribution is 5.80. The number of hydrogen-bond donors (Lipinski definition) is 1. The molecule has 1 aliphatic rings. The lowest BCUT2D eigenvalue weighted by atomic mass is 9.93. The van der Waals surface area contributed by atoms with E-state index in [1.54, 1.807) is 7.11 Å². The number of para-hydroxylation sites is 1. The SMILES string of the molecule is CCNC(=NCc1ccccc1OC)N1CCC(C)(C)C1. The van der Waals surface area contributed by atoms with Crippen molar-refractivity contribution in [3.8, 4) is 5.75 Å². The van der Waals surface area contributed by atoms with Gasteiger partial charge in [0.05, 0.1) is 13.7 Å². The van der Waals surface area contributed by atoms with E-state index in [-0.39, 0.29) is 0 Å². The molecular weight excluding hydrogens is 262 g/mol. The fourth-order valence-corrected chi connectivity index (χ4v) is 2.71. The number of rotatable bonds is 4. The van der Waals surface area contributed by atoms with Crippen LogP contribution in [0.2, 0.25) is 0 Å². The summed E-state index contributed by atoms with van der Waals surface area (Å²) in [7, 11) is 1.71. The molecule has 1 heterocycles. The molecule has 4 nitrogen and oxygen atoms in total. The van der Waals surface area contributed by atoms with Crippen LogP contribution in [0.5, 0.6) is 5.75 Å². The van der Waals surface area contributed by atoms with Gasteiger partial charge in [0.15, 0.2) is 5.96 Å². The molecule has 116 valence electrons. The highest BCUT2D eigenvalue weighted by atomic mass is 16.5. The van der Waals surface area contributed by atoms with E-state index in [4.69, 9.17) is 9.73 Å². The first kappa shape index (κ1) is 15.7.